The van der Waals surface area contributed by atoms with E-state index in [9.17, 15) is 9.59 Å². The molecule has 2 aliphatic heterocycles. The van der Waals surface area contributed by atoms with Crippen LogP contribution in [0.5, 0.6) is 0 Å². The van der Waals surface area contributed by atoms with Crippen LogP contribution in [-0.4, -0.2) is 58.7 Å². The average molecular weight is 531 g/mol. The van der Waals surface area contributed by atoms with Crippen LogP contribution in [0.3, 0.4) is 0 Å². The molecule has 0 atom stereocenters. The maximum Gasteiger partial charge on any atom is 0.266 e. The lowest BCUT2D eigenvalue weighted by Gasteiger charge is -2.35. The molecule has 0 saturated carbocycles. The van der Waals surface area contributed by atoms with Crippen LogP contribution in [-0.2, 0) is 16.9 Å². The zero-order valence-corrected chi connectivity index (χ0v) is 22.1. The van der Waals surface area contributed by atoms with Gasteiger partial charge in [0.1, 0.15) is 5.82 Å². The van der Waals surface area contributed by atoms with Crippen molar-refractivity contribution in [3.63, 3.8) is 0 Å². The zero-order chi connectivity index (χ0) is 27.5. The van der Waals surface area contributed by atoms with Crippen molar-refractivity contribution < 1.29 is 9.59 Å². The van der Waals surface area contributed by atoms with E-state index in [1.807, 2.05) is 108 Å². The maximum absolute atomic E-state index is 14.1. The lowest BCUT2D eigenvalue weighted by Crippen LogP contribution is -2.49. The topological polar surface area (TPSA) is 95.1 Å². The molecule has 2 N–H and O–H groups in total. The number of amides is 2. The van der Waals surface area contributed by atoms with Gasteiger partial charge in [-0.3, -0.25) is 14.5 Å². The number of pyridine rings is 1. The van der Waals surface area contributed by atoms with Crippen molar-refractivity contribution in [1.29, 1.82) is 0 Å². The molecule has 0 radical (unpaired) electrons. The van der Waals surface area contributed by atoms with E-state index < -0.39 is 5.54 Å². The van der Waals surface area contributed by atoms with Gasteiger partial charge in [-0.05, 0) is 41.0 Å². The number of nitrogens with zero attached hydrogens (tertiary/aromatic N) is 5. The summed E-state index contributed by atoms with van der Waals surface area (Å²) < 4.78 is 0. The first-order valence-corrected chi connectivity index (χ1v) is 13.4. The van der Waals surface area contributed by atoms with Gasteiger partial charge in [-0.1, -0.05) is 78.9 Å². The molecular weight excluding hydrogens is 500 g/mol. The van der Waals surface area contributed by atoms with Gasteiger partial charge in [-0.2, -0.15) is 0 Å². The molecule has 3 aromatic carbocycles. The largest absolute Gasteiger partial charge is 0.369 e. The van der Waals surface area contributed by atoms with E-state index in [-0.39, 0.29) is 24.3 Å². The highest BCUT2D eigenvalue weighted by Gasteiger charge is 2.50. The van der Waals surface area contributed by atoms with Gasteiger partial charge in [0.25, 0.3) is 11.8 Å². The minimum Gasteiger partial charge on any atom is -0.369 e. The van der Waals surface area contributed by atoms with Crippen molar-refractivity contribution in [3.05, 3.63) is 132 Å². The first kappa shape index (κ1) is 25.3. The zero-order valence-electron chi connectivity index (χ0n) is 22.1. The molecule has 0 spiro atoms. The second-order valence-corrected chi connectivity index (χ2v) is 9.97. The van der Waals surface area contributed by atoms with E-state index in [2.05, 4.69) is 9.88 Å². The Morgan fingerprint density at radius 3 is 2.08 bits per heavy atom. The van der Waals surface area contributed by atoms with Gasteiger partial charge in [0, 0.05) is 37.9 Å². The summed E-state index contributed by atoms with van der Waals surface area (Å²) in [6, 6.07) is 32.3. The fraction of sp³-hybridized carbons (Fsp3) is 0.188. The molecule has 0 unspecified atom stereocenters. The highest BCUT2D eigenvalue weighted by Crippen LogP contribution is 2.40. The van der Waals surface area contributed by atoms with Crippen LogP contribution in [0.25, 0.3) is 0 Å². The van der Waals surface area contributed by atoms with Crippen molar-refractivity contribution in [3.8, 4) is 0 Å². The molecule has 3 heterocycles. The normalized spacial score (nSPS) is 16.6. The predicted octanol–water partition coefficient (Wildman–Crippen LogP) is 3.64. The molecule has 6 rings (SSSR count). The summed E-state index contributed by atoms with van der Waals surface area (Å²) in [6.07, 6.45) is 1.78. The Morgan fingerprint density at radius 1 is 0.800 bits per heavy atom. The second-order valence-electron chi connectivity index (χ2n) is 9.97. The standard InChI is InChI=1S/C32H30N6O2/c33-31-35-32(26-12-3-1-4-13-26,27-14-5-2-6-15-27)30(40)38(31)23-24-10-9-11-25(22-24)29(39)37-20-18-36(19-21-37)28-16-7-8-17-34-28/h1-17,22H,18-21,23H2,(H2,33,35). The number of nitrogens with two attached hydrogens (primary N) is 1. The minimum atomic E-state index is -1.26. The van der Waals surface area contributed by atoms with E-state index in [0.717, 1.165) is 35.6 Å². The number of rotatable bonds is 6. The third-order valence-corrected chi connectivity index (χ3v) is 7.55. The molecule has 40 heavy (non-hydrogen) atoms. The quantitative estimate of drug-likeness (QED) is 0.411. The number of piperazine rings is 1. The van der Waals surface area contributed by atoms with Crippen LogP contribution in [0, 0.1) is 0 Å². The first-order valence-electron chi connectivity index (χ1n) is 13.4. The molecule has 4 aromatic rings. The van der Waals surface area contributed by atoms with Gasteiger partial charge in [-0.15, -0.1) is 0 Å². The molecule has 2 amide bonds. The van der Waals surface area contributed by atoms with Gasteiger partial charge < -0.3 is 15.5 Å². The Labute approximate surface area is 233 Å². The Kier molecular flexibility index (Phi) is 6.74. The summed E-state index contributed by atoms with van der Waals surface area (Å²) in [5.41, 5.74) is 8.06. The van der Waals surface area contributed by atoms with Crippen molar-refractivity contribution in [2.24, 2.45) is 10.7 Å². The fourth-order valence-corrected chi connectivity index (χ4v) is 5.48. The van der Waals surface area contributed by atoms with E-state index >= 15 is 0 Å². The Morgan fingerprint density at radius 2 is 1.45 bits per heavy atom. The van der Waals surface area contributed by atoms with E-state index in [0.29, 0.717) is 18.7 Å². The van der Waals surface area contributed by atoms with Crippen LogP contribution >= 0.6 is 0 Å². The molecular formula is C32H30N6O2. The Hall–Kier alpha value is -4.98. The van der Waals surface area contributed by atoms with Gasteiger partial charge in [0.05, 0.1) is 6.54 Å². The number of benzene rings is 3. The van der Waals surface area contributed by atoms with Crippen LogP contribution < -0.4 is 10.6 Å². The maximum atomic E-state index is 14.1. The molecule has 8 heteroatoms. The van der Waals surface area contributed by atoms with Gasteiger partial charge >= 0.3 is 0 Å². The molecule has 200 valence electrons. The number of aliphatic imine (C=N–C) groups is 1. The third kappa shape index (κ3) is 4.58. The number of anilines is 1. The van der Waals surface area contributed by atoms with Crippen molar-refractivity contribution in [1.82, 2.24) is 14.8 Å². The highest BCUT2D eigenvalue weighted by atomic mass is 16.2. The summed E-state index contributed by atoms with van der Waals surface area (Å²) in [5.74, 6) is 0.831. The van der Waals surface area contributed by atoms with Crippen LogP contribution in [0.15, 0.2) is 114 Å². The second kappa shape index (κ2) is 10.6. The summed E-state index contributed by atoms with van der Waals surface area (Å²) in [7, 11) is 0. The smallest absolute Gasteiger partial charge is 0.266 e. The van der Waals surface area contributed by atoms with Crippen molar-refractivity contribution >= 4 is 23.6 Å². The highest BCUT2D eigenvalue weighted by molar-refractivity contribution is 6.09. The number of guanidine groups is 1. The van der Waals surface area contributed by atoms with E-state index in [1.165, 1.54) is 4.90 Å². The molecule has 0 aliphatic carbocycles. The molecule has 1 aromatic heterocycles. The van der Waals surface area contributed by atoms with Gasteiger partial charge in [0.15, 0.2) is 11.5 Å². The number of hydrogen-bond acceptors (Lipinski definition) is 6. The van der Waals surface area contributed by atoms with Crippen LogP contribution in [0.1, 0.15) is 27.0 Å². The van der Waals surface area contributed by atoms with Crippen LogP contribution in [0.2, 0.25) is 0 Å². The fourth-order valence-electron chi connectivity index (χ4n) is 5.48. The Balaban J connectivity index is 1.20. The Bertz CT molecular complexity index is 1490. The SMILES string of the molecule is NC1=NC(c2ccccc2)(c2ccccc2)C(=O)N1Cc1cccc(C(=O)N2CCN(c3ccccn3)CC2)c1. The first-order chi connectivity index (χ1) is 19.6. The van der Waals surface area contributed by atoms with E-state index in [4.69, 9.17) is 10.7 Å². The molecule has 1 saturated heterocycles. The lowest BCUT2D eigenvalue weighted by molar-refractivity contribution is -0.130. The van der Waals surface area contributed by atoms with Gasteiger partial charge in [-0.25, -0.2) is 9.98 Å². The number of carbonyl (C=O) groups excluding carboxylic acids is 2. The summed E-state index contributed by atoms with van der Waals surface area (Å²) in [4.78, 5) is 42.3. The number of carbonyl (C=O) groups is 2. The number of aromatic nitrogens is 1. The molecule has 1 fully saturated rings. The summed E-state index contributed by atoms with van der Waals surface area (Å²) in [6.45, 7) is 2.88. The van der Waals surface area contributed by atoms with Gasteiger partial charge in [0.2, 0.25) is 0 Å². The molecule has 2 aliphatic rings. The molecule has 0 bridgehead atoms. The van der Waals surface area contributed by atoms with Crippen molar-refractivity contribution in [2.45, 2.75) is 12.1 Å². The number of hydrogen-bond donors (Lipinski definition) is 1. The molecule has 8 nitrogen and oxygen atoms in total. The van der Waals surface area contributed by atoms with Crippen LogP contribution in [0.4, 0.5) is 5.82 Å². The monoisotopic (exact) mass is 530 g/mol. The summed E-state index contributed by atoms with van der Waals surface area (Å²) >= 11 is 0. The van der Waals surface area contributed by atoms with Crippen molar-refractivity contribution in [2.75, 3.05) is 31.1 Å². The van der Waals surface area contributed by atoms with E-state index in [1.54, 1.807) is 6.20 Å². The lowest BCUT2D eigenvalue weighted by atomic mass is 9.83. The average Bonchev–Trinajstić information content (AvgIpc) is 3.28. The minimum absolute atomic E-state index is 0.0279. The predicted molar refractivity (Wildman–Crippen MR) is 155 cm³/mol. The third-order valence-electron chi connectivity index (χ3n) is 7.55. The summed E-state index contributed by atoms with van der Waals surface area (Å²) in [5, 5.41) is 0.